The van der Waals surface area contributed by atoms with Crippen molar-refractivity contribution in [2.45, 2.75) is 19.8 Å². The van der Waals surface area contributed by atoms with Crippen molar-refractivity contribution in [3.63, 3.8) is 0 Å². The van der Waals surface area contributed by atoms with Gasteiger partial charge in [0.25, 0.3) is 0 Å². The Morgan fingerprint density at radius 2 is 2.30 bits per heavy atom. The molecule has 0 amide bonds. The predicted octanol–water partition coefficient (Wildman–Crippen LogP) is 3.39. The second-order valence-corrected chi connectivity index (χ2v) is 5.61. The molecule has 20 heavy (non-hydrogen) atoms. The van der Waals surface area contributed by atoms with Crippen LogP contribution in [-0.4, -0.2) is 20.5 Å². The summed E-state index contributed by atoms with van der Waals surface area (Å²) in [6.45, 7) is 2.06. The maximum absolute atomic E-state index is 10.7. The molecule has 2 heterocycles. The van der Waals surface area contributed by atoms with E-state index in [0.717, 1.165) is 21.9 Å². The molecule has 2 aromatic heterocycles. The predicted molar refractivity (Wildman–Crippen MR) is 79.2 cm³/mol. The second kappa shape index (κ2) is 5.09. The number of carboxylic acid groups (broad SMARTS) is 1. The molecule has 1 aromatic carbocycles. The molecule has 0 spiro atoms. The fraction of sp³-hybridized carbons (Fsp3) is 0.200. The summed E-state index contributed by atoms with van der Waals surface area (Å²) in [6, 6.07) is 8.21. The molecule has 5 heteroatoms. The Hall–Kier alpha value is -2.14. The molecule has 0 aliphatic rings. The number of carboxylic acids is 1. The zero-order valence-electron chi connectivity index (χ0n) is 11.0. The first-order chi connectivity index (χ1) is 9.63. The van der Waals surface area contributed by atoms with Crippen LogP contribution in [0.3, 0.4) is 0 Å². The Bertz CT molecular complexity index is 773. The maximum atomic E-state index is 10.7. The number of aryl methyl sites for hydroxylation is 2. The summed E-state index contributed by atoms with van der Waals surface area (Å²) in [7, 11) is 0. The van der Waals surface area contributed by atoms with Crippen molar-refractivity contribution in [3.05, 3.63) is 47.1 Å². The minimum Gasteiger partial charge on any atom is -0.481 e. The van der Waals surface area contributed by atoms with Crippen LogP contribution in [-0.2, 0) is 11.2 Å². The molecular formula is C15H14N2O2S. The van der Waals surface area contributed by atoms with Gasteiger partial charge in [-0.05, 0) is 19.4 Å². The van der Waals surface area contributed by atoms with Crippen LogP contribution in [0.2, 0.25) is 0 Å². The van der Waals surface area contributed by atoms with Gasteiger partial charge in [0.05, 0.1) is 12.1 Å². The Labute approximate surface area is 120 Å². The first-order valence-corrected chi connectivity index (χ1v) is 7.26. The minimum absolute atomic E-state index is 0.143. The van der Waals surface area contributed by atoms with E-state index in [1.165, 1.54) is 5.56 Å². The molecule has 4 nitrogen and oxygen atoms in total. The summed E-state index contributed by atoms with van der Waals surface area (Å²) in [5.74, 6) is -0.775. The molecular weight excluding hydrogens is 272 g/mol. The summed E-state index contributed by atoms with van der Waals surface area (Å²) in [5, 5.41) is 10.8. The molecule has 102 valence electrons. The monoisotopic (exact) mass is 286 g/mol. The van der Waals surface area contributed by atoms with Crippen molar-refractivity contribution >= 4 is 22.3 Å². The van der Waals surface area contributed by atoms with Crippen LogP contribution in [0.25, 0.3) is 16.2 Å². The number of aliphatic carboxylic acids is 1. The molecule has 3 rings (SSSR count). The second-order valence-electron chi connectivity index (χ2n) is 4.77. The van der Waals surface area contributed by atoms with E-state index in [9.17, 15) is 4.79 Å². The van der Waals surface area contributed by atoms with Crippen LogP contribution in [0.5, 0.6) is 0 Å². The van der Waals surface area contributed by atoms with Crippen LogP contribution in [0, 0.1) is 6.92 Å². The molecule has 0 unspecified atom stereocenters. The number of benzene rings is 1. The van der Waals surface area contributed by atoms with E-state index < -0.39 is 5.97 Å². The Balaban J connectivity index is 1.97. The summed E-state index contributed by atoms with van der Waals surface area (Å²) in [6.07, 6.45) is 2.65. The van der Waals surface area contributed by atoms with E-state index in [0.29, 0.717) is 6.42 Å². The molecule has 0 bridgehead atoms. The van der Waals surface area contributed by atoms with Gasteiger partial charge in [-0.3, -0.25) is 9.20 Å². The molecule has 3 aromatic rings. The molecule has 0 saturated carbocycles. The van der Waals surface area contributed by atoms with Crippen LogP contribution in [0.1, 0.15) is 17.7 Å². The van der Waals surface area contributed by atoms with Gasteiger partial charge in [0.2, 0.25) is 0 Å². The first-order valence-electron chi connectivity index (χ1n) is 6.38. The van der Waals surface area contributed by atoms with Gasteiger partial charge in [0.15, 0.2) is 4.96 Å². The highest BCUT2D eigenvalue weighted by atomic mass is 32.1. The first kappa shape index (κ1) is 12.9. The number of carbonyl (C=O) groups is 1. The van der Waals surface area contributed by atoms with Gasteiger partial charge in [0.1, 0.15) is 0 Å². The van der Waals surface area contributed by atoms with Crippen molar-refractivity contribution in [3.8, 4) is 11.3 Å². The largest absolute Gasteiger partial charge is 0.481 e. The minimum atomic E-state index is -0.775. The van der Waals surface area contributed by atoms with Crippen LogP contribution >= 0.6 is 11.3 Å². The highest BCUT2D eigenvalue weighted by molar-refractivity contribution is 7.15. The topological polar surface area (TPSA) is 54.6 Å². The van der Waals surface area contributed by atoms with E-state index in [1.54, 1.807) is 11.3 Å². The van der Waals surface area contributed by atoms with Crippen molar-refractivity contribution in [2.24, 2.45) is 0 Å². The number of aromatic nitrogens is 2. The molecule has 0 radical (unpaired) electrons. The van der Waals surface area contributed by atoms with Gasteiger partial charge in [-0.25, -0.2) is 4.98 Å². The Morgan fingerprint density at radius 1 is 1.45 bits per heavy atom. The van der Waals surface area contributed by atoms with Gasteiger partial charge in [-0.15, -0.1) is 11.3 Å². The molecule has 0 aliphatic heterocycles. The molecule has 0 aliphatic carbocycles. The third-order valence-electron chi connectivity index (χ3n) is 3.19. The number of hydrogen-bond donors (Lipinski definition) is 1. The standard InChI is InChI=1S/C15H14N2O2S/c1-10-3-2-4-11(7-10)13-8-17-12(5-6-14(18)19)9-20-15(17)16-13/h2-4,7-9H,5-6H2,1H3,(H,18,19). The SMILES string of the molecule is Cc1cccc(-c2cn3c(CCC(=O)O)csc3n2)c1. The normalized spacial score (nSPS) is 11.1. The van der Waals surface area contributed by atoms with E-state index in [1.807, 2.05) is 28.1 Å². The molecule has 0 fully saturated rings. The van der Waals surface area contributed by atoms with Crippen molar-refractivity contribution in [2.75, 3.05) is 0 Å². The Kier molecular flexibility index (Phi) is 3.28. The van der Waals surface area contributed by atoms with Gasteiger partial charge in [-0.2, -0.15) is 0 Å². The summed E-state index contributed by atoms with van der Waals surface area (Å²) in [4.78, 5) is 16.2. The zero-order chi connectivity index (χ0) is 14.1. The van der Waals surface area contributed by atoms with Crippen LogP contribution < -0.4 is 0 Å². The van der Waals surface area contributed by atoms with Crippen molar-refractivity contribution < 1.29 is 9.90 Å². The van der Waals surface area contributed by atoms with Crippen molar-refractivity contribution in [1.29, 1.82) is 0 Å². The maximum Gasteiger partial charge on any atom is 0.303 e. The van der Waals surface area contributed by atoms with E-state index >= 15 is 0 Å². The van der Waals surface area contributed by atoms with Gasteiger partial charge >= 0.3 is 5.97 Å². The fourth-order valence-corrected chi connectivity index (χ4v) is 3.09. The summed E-state index contributed by atoms with van der Waals surface area (Å²) >= 11 is 1.54. The fourth-order valence-electron chi connectivity index (χ4n) is 2.19. The number of fused-ring (bicyclic) bond motifs is 1. The van der Waals surface area contributed by atoms with Crippen LogP contribution in [0.15, 0.2) is 35.8 Å². The lowest BCUT2D eigenvalue weighted by Crippen LogP contribution is -1.99. The number of thiazole rings is 1. The smallest absolute Gasteiger partial charge is 0.303 e. The number of imidazole rings is 1. The van der Waals surface area contributed by atoms with Gasteiger partial charge in [0, 0.05) is 22.8 Å². The quantitative estimate of drug-likeness (QED) is 0.800. The average molecular weight is 286 g/mol. The van der Waals surface area contributed by atoms with Gasteiger partial charge in [-0.1, -0.05) is 23.8 Å². The van der Waals surface area contributed by atoms with E-state index in [-0.39, 0.29) is 6.42 Å². The third-order valence-corrected chi connectivity index (χ3v) is 4.08. The molecule has 0 saturated heterocycles. The van der Waals surface area contributed by atoms with E-state index in [2.05, 4.69) is 24.0 Å². The number of rotatable bonds is 4. The highest BCUT2D eigenvalue weighted by Gasteiger charge is 2.10. The van der Waals surface area contributed by atoms with Crippen molar-refractivity contribution in [1.82, 2.24) is 9.38 Å². The molecule has 1 N–H and O–H groups in total. The van der Waals surface area contributed by atoms with E-state index in [4.69, 9.17) is 5.11 Å². The lowest BCUT2D eigenvalue weighted by Gasteiger charge is -1.98. The lowest BCUT2D eigenvalue weighted by atomic mass is 10.1. The average Bonchev–Trinajstić information content (AvgIpc) is 2.96. The molecule has 0 atom stereocenters. The number of nitrogens with zero attached hydrogens (tertiary/aromatic N) is 2. The lowest BCUT2D eigenvalue weighted by molar-refractivity contribution is -0.136. The van der Waals surface area contributed by atoms with Gasteiger partial charge < -0.3 is 5.11 Å². The number of hydrogen-bond acceptors (Lipinski definition) is 3. The summed E-state index contributed by atoms with van der Waals surface area (Å²) < 4.78 is 1.99. The van der Waals surface area contributed by atoms with Crippen LogP contribution in [0.4, 0.5) is 0 Å². The highest BCUT2D eigenvalue weighted by Crippen LogP contribution is 2.24. The third kappa shape index (κ3) is 2.44. The zero-order valence-corrected chi connectivity index (χ0v) is 11.9. The summed E-state index contributed by atoms with van der Waals surface area (Å²) in [5.41, 5.74) is 4.21. The Morgan fingerprint density at radius 3 is 3.05 bits per heavy atom.